The van der Waals surface area contributed by atoms with E-state index in [2.05, 4.69) is 22.0 Å². The van der Waals surface area contributed by atoms with Gasteiger partial charge in [-0.15, -0.1) is 0 Å². The fourth-order valence-electron chi connectivity index (χ4n) is 3.46. The summed E-state index contributed by atoms with van der Waals surface area (Å²) in [6.45, 7) is 5.92. The van der Waals surface area contributed by atoms with Crippen LogP contribution in [0.4, 0.5) is 11.4 Å². The van der Waals surface area contributed by atoms with Gasteiger partial charge in [0.05, 0.1) is 11.6 Å². The molecule has 2 aromatic rings. The van der Waals surface area contributed by atoms with Crippen LogP contribution in [0.2, 0.25) is 0 Å². The number of amides is 1. The largest absolute Gasteiger partial charge is 0.378 e. The van der Waals surface area contributed by atoms with Gasteiger partial charge < -0.3 is 20.9 Å². The number of hydrogen-bond acceptors (Lipinski definition) is 3. The average molecular weight is 395 g/mol. The normalized spacial score (nSPS) is 16.3. The third-order valence-corrected chi connectivity index (χ3v) is 4.96. The highest BCUT2D eigenvalue weighted by atomic mass is 32.1. The van der Waals surface area contributed by atoms with Crippen molar-refractivity contribution in [2.24, 2.45) is 0 Å². The second-order valence-corrected chi connectivity index (χ2v) is 7.79. The summed E-state index contributed by atoms with van der Waals surface area (Å²) in [5.74, 6) is -0.147. The molecular formula is C22H26N4OS. The lowest BCUT2D eigenvalue weighted by molar-refractivity contribution is -0.113. The van der Waals surface area contributed by atoms with Crippen molar-refractivity contribution in [3.63, 3.8) is 0 Å². The minimum absolute atomic E-state index is 0.147. The van der Waals surface area contributed by atoms with Gasteiger partial charge in [0, 0.05) is 31.2 Å². The quantitative estimate of drug-likeness (QED) is 0.689. The van der Waals surface area contributed by atoms with Crippen LogP contribution in [0.1, 0.15) is 29.7 Å². The Labute approximate surface area is 171 Å². The Bertz CT molecular complexity index is 927. The Hall–Kier alpha value is -2.86. The van der Waals surface area contributed by atoms with Gasteiger partial charge in [0.25, 0.3) is 5.91 Å². The number of nitrogens with one attached hydrogen (secondary N) is 3. The van der Waals surface area contributed by atoms with Crippen LogP contribution in [0, 0.1) is 13.8 Å². The van der Waals surface area contributed by atoms with Gasteiger partial charge in [-0.2, -0.15) is 0 Å². The molecule has 146 valence electrons. The predicted molar refractivity (Wildman–Crippen MR) is 120 cm³/mol. The summed E-state index contributed by atoms with van der Waals surface area (Å²) in [7, 11) is 4.00. The number of benzene rings is 2. The van der Waals surface area contributed by atoms with Crippen molar-refractivity contribution >= 4 is 34.6 Å². The molecule has 6 heteroatoms. The topological polar surface area (TPSA) is 56.4 Å². The maximum Gasteiger partial charge on any atom is 0.255 e. The van der Waals surface area contributed by atoms with Crippen LogP contribution in [0.15, 0.2) is 53.7 Å². The van der Waals surface area contributed by atoms with E-state index >= 15 is 0 Å². The molecule has 1 heterocycles. The Morgan fingerprint density at radius 1 is 1.04 bits per heavy atom. The van der Waals surface area contributed by atoms with Crippen molar-refractivity contribution in [3.8, 4) is 0 Å². The van der Waals surface area contributed by atoms with Crippen LogP contribution in [0.25, 0.3) is 0 Å². The Morgan fingerprint density at radius 3 is 2.21 bits per heavy atom. The minimum Gasteiger partial charge on any atom is -0.378 e. The number of carbonyl (C=O) groups excluding carboxylic acids is 1. The maximum absolute atomic E-state index is 13.2. The van der Waals surface area contributed by atoms with E-state index < -0.39 is 0 Å². The summed E-state index contributed by atoms with van der Waals surface area (Å²) >= 11 is 5.33. The molecule has 0 saturated heterocycles. The lowest BCUT2D eigenvalue weighted by Crippen LogP contribution is -2.45. The SMILES string of the molecule is CC1=C(C(=O)Nc2cc(C)cc(C)c2)[C@H](c2ccc(N(C)C)cc2)NC(=S)N1. The van der Waals surface area contributed by atoms with E-state index in [-0.39, 0.29) is 11.9 Å². The zero-order chi connectivity index (χ0) is 20.4. The smallest absolute Gasteiger partial charge is 0.255 e. The number of nitrogens with zero attached hydrogens (tertiary/aromatic N) is 1. The number of aryl methyl sites for hydroxylation is 2. The summed E-state index contributed by atoms with van der Waals surface area (Å²) in [6, 6.07) is 13.8. The Kier molecular flexibility index (Phi) is 5.70. The van der Waals surface area contributed by atoms with E-state index in [9.17, 15) is 4.79 Å². The Morgan fingerprint density at radius 2 is 1.64 bits per heavy atom. The summed E-state index contributed by atoms with van der Waals surface area (Å²) in [5.41, 5.74) is 6.48. The molecule has 0 radical (unpaired) electrons. The second kappa shape index (κ2) is 8.02. The zero-order valence-electron chi connectivity index (χ0n) is 16.9. The first kappa shape index (κ1) is 19.9. The third kappa shape index (κ3) is 4.34. The molecule has 5 nitrogen and oxygen atoms in total. The van der Waals surface area contributed by atoms with Crippen LogP contribution in [-0.4, -0.2) is 25.1 Å². The van der Waals surface area contributed by atoms with Crippen LogP contribution >= 0.6 is 12.2 Å². The Balaban J connectivity index is 1.93. The summed E-state index contributed by atoms with van der Waals surface area (Å²) in [5, 5.41) is 9.87. The van der Waals surface area contributed by atoms with E-state index in [1.807, 2.05) is 76.2 Å². The van der Waals surface area contributed by atoms with Crippen molar-refractivity contribution in [1.82, 2.24) is 10.6 Å². The number of rotatable bonds is 4. The minimum atomic E-state index is -0.309. The van der Waals surface area contributed by atoms with Crippen LogP contribution < -0.4 is 20.9 Å². The van der Waals surface area contributed by atoms with Gasteiger partial charge >= 0.3 is 0 Å². The predicted octanol–water partition coefficient (Wildman–Crippen LogP) is 3.80. The summed E-state index contributed by atoms with van der Waals surface area (Å²) in [4.78, 5) is 15.2. The van der Waals surface area contributed by atoms with E-state index in [1.54, 1.807) is 0 Å². The first-order valence-electron chi connectivity index (χ1n) is 9.20. The first-order chi connectivity index (χ1) is 13.2. The van der Waals surface area contributed by atoms with Crippen LogP contribution in [-0.2, 0) is 4.79 Å². The number of carbonyl (C=O) groups is 1. The van der Waals surface area contributed by atoms with Gasteiger partial charge in [-0.05, 0) is 73.9 Å². The summed E-state index contributed by atoms with van der Waals surface area (Å²) in [6.07, 6.45) is 0. The number of anilines is 2. The van der Waals surface area contributed by atoms with Gasteiger partial charge in [-0.1, -0.05) is 18.2 Å². The van der Waals surface area contributed by atoms with Crippen molar-refractivity contribution in [2.75, 3.05) is 24.3 Å². The molecular weight excluding hydrogens is 368 g/mol. The molecule has 3 rings (SSSR count). The van der Waals surface area contributed by atoms with E-state index in [0.717, 1.165) is 33.8 Å². The number of thiocarbonyl (C=S) groups is 1. The molecule has 0 bridgehead atoms. The highest BCUT2D eigenvalue weighted by Crippen LogP contribution is 2.29. The molecule has 1 aliphatic heterocycles. The molecule has 28 heavy (non-hydrogen) atoms. The molecule has 3 N–H and O–H groups in total. The van der Waals surface area contributed by atoms with Gasteiger partial charge in [0.15, 0.2) is 5.11 Å². The molecule has 0 saturated carbocycles. The van der Waals surface area contributed by atoms with Crippen LogP contribution in [0.3, 0.4) is 0 Å². The first-order valence-corrected chi connectivity index (χ1v) is 9.60. The molecule has 1 atom stereocenters. The monoisotopic (exact) mass is 394 g/mol. The molecule has 2 aromatic carbocycles. The number of hydrogen-bond donors (Lipinski definition) is 3. The van der Waals surface area contributed by atoms with E-state index in [0.29, 0.717) is 10.7 Å². The molecule has 0 fully saturated rings. The lowest BCUT2D eigenvalue weighted by Gasteiger charge is -2.30. The van der Waals surface area contributed by atoms with Crippen molar-refractivity contribution in [3.05, 3.63) is 70.4 Å². The zero-order valence-corrected chi connectivity index (χ0v) is 17.7. The molecule has 1 amide bonds. The van der Waals surface area contributed by atoms with E-state index in [1.165, 1.54) is 0 Å². The number of allylic oxidation sites excluding steroid dienone is 1. The molecule has 0 aromatic heterocycles. The third-order valence-electron chi connectivity index (χ3n) is 4.74. The van der Waals surface area contributed by atoms with Crippen molar-refractivity contribution < 1.29 is 4.79 Å². The van der Waals surface area contributed by atoms with Gasteiger partial charge in [-0.3, -0.25) is 4.79 Å². The van der Waals surface area contributed by atoms with Gasteiger partial charge in [0.2, 0.25) is 0 Å². The highest BCUT2D eigenvalue weighted by Gasteiger charge is 2.30. The molecule has 1 aliphatic rings. The van der Waals surface area contributed by atoms with Gasteiger partial charge in [0.1, 0.15) is 0 Å². The average Bonchev–Trinajstić information content (AvgIpc) is 2.60. The molecule has 0 spiro atoms. The maximum atomic E-state index is 13.2. The second-order valence-electron chi connectivity index (χ2n) is 7.39. The standard InChI is InChI=1S/C22H26N4OS/c1-13-10-14(2)12-17(11-13)24-21(27)19-15(3)23-22(28)25-20(19)16-6-8-18(9-7-16)26(4)5/h6-12,20H,1-5H3,(H,24,27)(H2,23,25,28)/t20-/m0/s1. The summed E-state index contributed by atoms with van der Waals surface area (Å²) < 4.78 is 0. The highest BCUT2D eigenvalue weighted by molar-refractivity contribution is 7.80. The van der Waals surface area contributed by atoms with Crippen molar-refractivity contribution in [2.45, 2.75) is 26.8 Å². The molecule has 0 aliphatic carbocycles. The van der Waals surface area contributed by atoms with E-state index in [4.69, 9.17) is 12.2 Å². The lowest BCUT2D eigenvalue weighted by atomic mass is 9.94. The fraction of sp³-hybridized carbons (Fsp3) is 0.273. The van der Waals surface area contributed by atoms with Crippen molar-refractivity contribution in [1.29, 1.82) is 0 Å². The molecule has 0 unspecified atom stereocenters. The van der Waals surface area contributed by atoms with Crippen LogP contribution in [0.5, 0.6) is 0 Å². The fourth-order valence-corrected chi connectivity index (χ4v) is 3.73. The van der Waals surface area contributed by atoms with Gasteiger partial charge in [-0.25, -0.2) is 0 Å².